The zero-order chi connectivity index (χ0) is 17.5. The lowest BCUT2D eigenvalue weighted by atomic mass is 10.3. The summed E-state index contributed by atoms with van der Waals surface area (Å²) in [6.45, 7) is 1.53. The largest absolute Gasteiger partial charge is 0.475 e. The van der Waals surface area contributed by atoms with E-state index >= 15 is 0 Å². The number of methoxy groups -OCH3 is 1. The second-order valence-corrected chi connectivity index (χ2v) is 4.57. The molecule has 126 valence electrons. The van der Waals surface area contributed by atoms with Crippen molar-refractivity contribution in [3.05, 3.63) is 46.5 Å². The van der Waals surface area contributed by atoms with Gasteiger partial charge in [-0.05, 0) is 31.2 Å². The highest BCUT2D eigenvalue weighted by atomic mass is 16.6. The first-order chi connectivity index (χ1) is 11.5. The number of nitrogens with one attached hydrogen (secondary N) is 1. The highest BCUT2D eigenvalue weighted by Gasteiger charge is 2.24. The highest BCUT2D eigenvalue weighted by Crippen LogP contribution is 2.25. The number of carbonyl (C=O) groups is 1. The molecule has 10 heteroatoms. The fourth-order valence-electron chi connectivity index (χ4n) is 1.72. The summed E-state index contributed by atoms with van der Waals surface area (Å²) in [5, 5.41) is 18.5. The molecule has 1 atom stereocenters. The van der Waals surface area contributed by atoms with Crippen molar-refractivity contribution in [2.24, 2.45) is 5.10 Å². The van der Waals surface area contributed by atoms with Crippen LogP contribution in [-0.4, -0.2) is 33.9 Å². The van der Waals surface area contributed by atoms with E-state index in [9.17, 15) is 14.9 Å². The zero-order valence-electron chi connectivity index (χ0n) is 12.9. The Labute approximate surface area is 136 Å². The molecule has 10 nitrogen and oxygen atoms in total. The van der Waals surface area contributed by atoms with E-state index in [2.05, 4.69) is 15.6 Å². The topological polar surface area (TPSA) is 125 Å². The van der Waals surface area contributed by atoms with Gasteiger partial charge in [-0.1, -0.05) is 0 Å². The van der Waals surface area contributed by atoms with E-state index in [0.717, 1.165) is 10.9 Å². The minimum absolute atomic E-state index is 0.162. The van der Waals surface area contributed by atoms with Gasteiger partial charge in [-0.25, -0.2) is 10.1 Å². The zero-order valence-corrected chi connectivity index (χ0v) is 12.9. The maximum absolute atomic E-state index is 12.0. The third kappa shape index (κ3) is 4.06. The van der Waals surface area contributed by atoms with Crippen molar-refractivity contribution >= 4 is 23.9 Å². The molecule has 0 aromatic carbocycles. The summed E-state index contributed by atoms with van der Waals surface area (Å²) in [4.78, 5) is 22.2. The first-order valence-corrected chi connectivity index (χ1v) is 6.83. The molecule has 0 bridgehead atoms. The number of aromatic nitrogens is 2. The van der Waals surface area contributed by atoms with Crippen molar-refractivity contribution in [1.29, 1.82) is 0 Å². The van der Waals surface area contributed by atoms with E-state index in [1.807, 2.05) is 0 Å². The van der Waals surface area contributed by atoms with Gasteiger partial charge in [0.2, 0.25) is 0 Å². The number of allylic oxidation sites excluding steroid dienone is 1. The average Bonchev–Trinajstić information content (AvgIpc) is 3.22. The monoisotopic (exact) mass is 333 g/mol. The molecular weight excluding hydrogens is 318 g/mol. The van der Waals surface area contributed by atoms with E-state index in [1.165, 1.54) is 26.5 Å². The van der Waals surface area contributed by atoms with Gasteiger partial charge in [0.05, 0.1) is 18.3 Å². The van der Waals surface area contributed by atoms with Crippen LogP contribution in [0.3, 0.4) is 0 Å². The third-order valence-electron chi connectivity index (χ3n) is 2.99. The summed E-state index contributed by atoms with van der Waals surface area (Å²) in [5.41, 5.74) is 2.00. The van der Waals surface area contributed by atoms with Gasteiger partial charge in [-0.2, -0.15) is 5.10 Å². The second-order valence-electron chi connectivity index (χ2n) is 4.57. The maximum atomic E-state index is 12.0. The first-order valence-electron chi connectivity index (χ1n) is 6.83. The van der Waals surface area contributed by atoms with Crippen molar-refractivity contribution in [2.75, 3.05) is 7.11 Å². The highest BCUT2D eigenvalue weighted by molar-refractivity contribution is 5.82. The standard InChI is InChI=1S/C14H15N5O5/c1-10(18-9-12(19(21)22)14(17-18)23-2)13(20)16-15-7-3-5-11-6-4-8-24-11/h3-10H,1-2H3,(H,16,20)/b5-3-,15-7?/t10-/m1/s1. The molecule has 0 radical (unpaired) electrons. The normalized spacial score (nSPS) is 12.6. The number of ether oxygens (including phenoxy) is 1. The van der Waals surface area contributed by atoms with Crippen molar-refractivity contribution < 1.29 is 18.9 Å². The molecule has 0 aliphatic rings. The van der Waals surface area contributed by atoms with Crippen LogP contribution in [0.1, 0.15) is 18.7 Å². The van der Waals surface area contributed by atoms with Crippen LogP contribution >= 0.6 is 0 Å². The van der Waals surface area contributed by atoms with E-state index < -0.39 is 16.9 Å². The Hall–Kier alpha value is -3.43. The lowest BCUT2D eigenvalue weighted by Gasteiger charge is -2.08. The molecule has 2 rings (SSSR count). The number of carbonyl (C=O) groups excluding carboxylic acids is 1. The summed E-state index contributed by atoms with van der Waals surface area (Å²) in [6.07, 6.45) is 7.30. The molecule has 0 fully saturated rings. The summed E-state index contributed by atoms with van der Waals surface area (Å²) in [6, 6.07) is 2.71. The molecule has 2 heterocycles. The van der Waals surface area contributed by atoms with Crippen LogP contribution in [0.15, 0.2) is 40.2 Å². The Morgan fingerprint density at radius 1 is 1.62 bits per heavy atom. The SMILES string of the molecule is COc1nn([C@H](C)C(=O)NN=C/C=C\c2ccco2)cc1[N+](=O)[O-]. The molecule has 0 unspecified atom stereocenters. The number of nitrogens with zero attached hydrogens (tertiary/aromatic N) is 4. The average molecular weight is 333 g/mol. The number of nitro groups is 1. The lowest BCUT2D eigenvalue weighted by molar-refractivity contribution is -0.385. The van der Waals surface area contributed by atoms with Crippen molar-refractivity contribution in [1.82, 2.24) is 15.2 Å². The summed E-state index contributed by atoms with van der Waals surface area (Å²) in [5.74, 6) is -0.000627. The Morgan fingerprint density at radius 3 is 3.00 bits per heavy atom. The molecule has 0 aliphatic heterocycles. The van der Waals surface area contributed by atoms with Crippen LogP contribution in [0.4, 0.5) is 5.69 Å². The molecule has 0 saturated carbocycles. The van der Waals surface area contributed by atoms with E-state index in [4.69, 9.17) is 9.15 Å². The van der Waals surface area contributed by atoms with E-state index in [1.54, 1.807) is 24.3 Å². The smallest absolute Gasteiger partial charge is 0.350 e. The van der Waals surface area contributed by atoms with Crippen LogP contribution in [-0.2, 0) is 4.79 Å². The van der Waals surface area contributed by atoms with Crippen molar-refractivity contribution in [3.8, 4) is 5.88 Å². The van der Waals surface area contributed by atoms with Gasteiger partial charge in [0.15, 0.2) is 0 Å². The minimum Gasteiger partial charge on any atom is -0.475 e. The Kier molecular flexibility index (Phi) is 5.45. The molecule has 2 aromatic heterocycles. The number of furan rings is 1. The van der Waals surface area contributed by atoms with Crippen LogP contribution in [0.2, 0.25) is 0 Å². The lowest BCUT2D eigenvalue weighted by Crippen LogP contribution is -2.27. The molecule has 1 N–H and O–H groups in total. The number of rotatable bonds is 7. The number of hydrogen-bond acceptors (Lipinski definition) is 7. The summed E-state index contributed by atoms with van der Waals surface area (Å²) < 4.78 is 11.0. The van der Waals surface area contributed by atoms with Gasteiger partial charge >= 0.3 is 11.6 Å². The minimum atomic E-state index is -0.807. The second kappa shape index (κ2) is 7.72. The van der Waals surface area contributed by atoms with E-state index in [0.29, 0.717) is 5.76 Å². The van der Waals surface area contributed by atoms with Gasteiger partial charge in [-0.15, -0.1) is 5.10 Å². The molecule has 1 amide bonds. The first kappa shape index (κ1) is 16.9. The number of hydrogen-bond donors (Lipinski definition) is 1. The fraction of sp³-hybridized carbons (Fsp3) is 0.214. The summed E-state index contributed by atoms with van der Waals surface area (Å²) >= 11 is 0. The Morgan fingerprint density at radius 2 is 2.42 bits per heavy atom. The third-order valence-corrected chi connectivity index (χ3v) is 2.99. The maximum Gasteiger partial charge on any atom is 0.350 e. The van der Waals surface area contributed by atoms with Crippen LogP contribution in [0.5, 0.6) is 5.88 Å². The molecule has 2 aromatic rings. The van der Waals surface area contributed by atoms with Crippen LogP contribution in [0, 0.1) is 10.1 Å². The van der Waals surface area contributed by atoms with E-state index in [-0.39, 0.29) is 11.6 Å². The van der Waals surface area contributed by atoms with Gasteiger partial charge in [-0.3, -0.25) is 14.9 Å². The van der Waals surface area contributed by atoms with Crippen molar-refractivity contribution in [3.63, 3.8) is 0 Å². The van der Waals surface area contributed by atoms with Crippen LogP contribution in [0.25, 0.3) is 6.08 Å². The fourth-order valence-corrected chi connectivity index (χ4v) is 1.72. The molecule has 0 spiro atoms. The summed E-state index contributed by atoms with van der Waals surface area (Å²) in [7, 11) is 1.26. The molecule has 0 saturated heterocycles. The molecule has 24 heavy (non-hydrogen) atoms. The molecule has 0 aliphatic carbocycles. The quantitative estimate of drug-likeness (QED) is 0.467. The van der Waals surface area contributed by atoms with Crippen LogP contribution < -0.4 is 10.2 Å². The Bertz CT molecular complexity index is 763. The molecular formula is C14H15N5O5. The predicted octanol–water partition coefficient (Wildman–Crippen LogP) is 1.77. The number of hydrazone groups is 1. The van der Waals surface area contributed by atoms with Gasteiger partial charge < -0.3 is 9.15 Å². The number of amides is 1. The Balaban J connectivity index is 1.95. The van der Waals surface area contributed by atoms with Gasteiger partial charge in [0.25, 0.3) is 5.91 Å². The predicted molar refractivity (Wildman–Crippen MR) is 84.5 cm³/mol. The van der Waals surface area contributed by atoms with Gasteiger partial charge in [0.1, 0.15) is 18.0 Å². The van der Waals surface area contributed by atoms with Gasteiger partial charge in [0, 0.05) is 6.21 Å². The van der Waals surface area contributed by atoms with Crippen molar-refractivity contribution in [2.45, 2.75) is 13.0 Å².